The van der Waals surface area contributed by atoms with Crippen LogP contribution in [0.2, 0.25) is 5.02 Å². The minimum atomic E-state index is -0.259. The summed E-state index contributed by atoms with van der Waals surface area (Å²) in [7, 11) is 0. The van der Waals surface area contributed by atoms with Crippen LogP contribution < -0.4 is 5.32 Å². The van der Waals surface area contributed by atoms with Crippen LogP contribution in [-0.2, 0) is 4.79 Å². The lowest BCUT2D eigenvalue weighted by atomic mass is 10.2. The van der Waals surface area contributed by atoms with Gasteiger partial charge in [0.05, 0.1) is 4.47 Å². The average Bonchev–Trinajstić information content (AvgIpc) is 3.13. The lowest BCUT2D eigenvalue weighted by Crippen LogP contribution is -2.07. The van der Waals surface area contributed by atoms with E-state index in [4.69, 9.17) is 16.0 Å². The number of phenols is 1. The summed E-state index contributed by atoms with van der Waals surface area (Å²) < 4.78 is 6.33. The van der Waals surface area contributed by atoms with E-state index in [1.54, 1.807) is 54.6 Å². The molecule has 0 saturated carbocycles. The van der Waals surface area contributed by atoms with Gasteiger partial charge in [0.25, 0.3) is 0 Å². The second kappa shape index (κ2) is 8.11. The molecular weight excluding hydrogens is 456 g/mol. The van der Waals surface area contributed by atoms with E-state index in [1.807, 2.05) is 12.1 Å². The van der Waals surface area contributed by atoms with E-state index in [0.717, 1.165) is 11.1 Å². The molecule has 1 aromatic heterocycles. The molecule has 0 aliphatic rings. The van der Waals surface area contributed by atoms with Crippen molar-refractivity contribution in [2.75, 3.05) is 5.32 Å². The van der Waals surface area contributed by atoms with Crippen molar-refractivity contribution in [3.8, 4) is 17.2 Å². The molecule has 0 bridgehead atoms. The first kappa shape index (κ1) is 19.2. The molecule has 0 spiro atoms. The molecule has 4 rings (SSSR count). The van der Waals surface area contributed by atoms with Gasteiger partial charge < -0.3 is 14.8 Å². The lowest BCUT2D eigenvalue weighted by molar-refractivity contribution is -0.111. The number of anilines is 1. The number of carbonyl (C=O) groups is 1. The van der Waals surface area contributed by atoms with Gasteiger partial charge in [-0.25, -0.2) is 4.98 Å². The van der Waals surface area contributed by atoms with E-state index >= 15 is 0 Å². The van der Waals surface area contributed by atoms with E-state index in [0.29, 0.717) is 32.2 Å². The third-order valence-electron chi connectivity index (χ3n) is 4.15. The van der Waals surface area contributed by atoms with Crippen LogP contribution in [0.3, 0.4) is 0 Å². The molecule has 7 heteroatoms. The number of hydrogen-bond acceptors (Lipinski definition) is 4. The van der Waals surface area contributed by atoms with E-state index in [-0.39, 0.29) is 11.7 Å². The van der Waals surface area contributed by atoms with Crippen molar-refractivity contribution < 1.29 is 14.3 Å². The summed E-state index contributed by atoms with van der Waals surface area (Å²) in [6, 6.07) is 17.4. The third-order valence-corrected chi connectivity index (χ3v) is 5.03. The van der Waals surface area contributed by atoms with Crippen LogP contribution in [0, 0.1) is 0 Å². The molecule has 5 nitrogen and oxygen atoms in total. The molecule has 0 radical (unpaired) electrons. The summed E-state index contributed by atoms with van der Waals surface area (Å²) in [6.45, 7) is 0. The molecule has 0 aliphatic heterocycles. The van der Waals surface area contributed by atoms with Gasteiger partial charge in [0, 0.05) is 22.3 Å². The number of aromatic nitrogens is 1. The molecule has 1 heterocycles. The highest BCUT2D eigenvalue weighted by Crippen LogP contribution is 2.31. The van der Waals surface area contributed by atoms with Gasteiger partial charge in [0.2, 0.25) is 11.8 Å². The standard InChI is InChI=1S/C22H14BrClN2O3/c23-17-11-14(4-8-19(17)27)22-26-18-12-16(7-9-20(18)29-22)25-21(28)10-3-13-1-5-15(24)6-2-13/h1-12,27H,(H,25,28)/b10-3+. The topological polar surface area (TPSA) is 75.4 Å². The number of benzene rings is 3. The molecule has 4 aromatic rings. The van der Waals surface area contributed by atoms with Gasteiger partial charge in [-0.1, -0.05) is 23.7 Å². The summed E-state index contributed by atoms with van der Waals surface area (Å²) in [5.41, 5.74) is 3.42. The number of fused-ring (bicyclic) bond motifs is 1. The molecule has 144 valence electrons. The number of amides is 1. The number of oxazole rings is 1. The number of phenolic OH excluding ortho intramolecular Hbond substituents is 1. The minimum Gasteiger partial charge on any atom is -0.507 e. The Labute approximate surface area is 179 Å². The molecule has 2 N–H and O–H groups in total. The van der Waals surface area contributed by atoms with Crippen molar-refractivity contribution in [1.29, 1.82) is 0 Å². The van der Waals surface area contributed by atoms with Gasteiger partial charge in [-0.05, 0) is 76.1 Å². The normalized spacial score (nSPS) is 11.2. The SMILES string of the molecule is O=C(/C=C/c1ccc(Cl)cc1)Nc1ccc2oc(-c3ccc(O)c(Br)c3)nc2c1. The number of hydrogen-bond donors (Lipinski definition) is 2. The Kier molecular flexibility index (Phi) is 5.38. The molecule has 0 saturated heterocycles. The van der Waals surface area contributed by atoms with Gasteiger partial charge in [-0.2, -0.15) is 0 Å². The van der Waals surface area contributed by atoms with E-state index in [1.165, 1.54) is 6.08 Å². The van der Waals surface area contributed by atoms with Crippen LogP contribution in [0.15, 0.2) is 75.6 Å². The smallest absolute Gasteiger partial charge is 0.248 e. The summed E-state index contributed by atoms with van der Waals surface area (Å²) in [6.07, 6.45) is 3.16. The zero-order valence-corrected chi connectivity index (χ0v) is 17.2. The Morgan fingerprint density at radius 1 is 1.10 bits per heavy atom. The summed E-state index contributed by atoms with van der Waals surface area (Å²) in [5.74, 6) is 0.304. The van der Waals surface area contributed by atoms with Gasteiger partial charge in [0.1, 0.15) is 11.3 Å². The van der Waals surface area contributed by atoms with Crippen LogP contribution in [0.1, 0.15) is 5.56 Å². The second-order valence-electron chi connectivity index (χ2n) is 6.24. The van der Waals surface area contributed by atoms with Crippen molar-refractivity contribution >= 4 is 56.3 Å². The van der Waals surface area contributed by atoms with Crippen molar-refractivity contribution in [3.05, 3.63) is 81.8 Å². The van der Waals surface area contributed by atoms with Crippen molar-refractivity contribution in [2.24, 2.45) is 0 Å². The fourth-order valence-electron chi connectivity index (χ4n) is 2.70. The van der Waals surface area contributed by atoms with E-state index in [2.05, 4.69) is 26.2 Å². The monoisotopic (exact) mass is 468 g/mol. The second-order valence-corrected chi connectivity index (χ2v) is 7.53. The molecule has 0 unspecified atom stereocenters. The maximum Gasteiger partial charge on any atom is 0.248 e. The zero-order valence-electron chi connectivity index (χ0n) is 14.9. The van der Waals surface area contributed by atoms with Gasteiger partial charge in [0.15, 0.2) is 5.58 Å². The van der Waals surface area contributed by atoms with Gasteiger partial charge >= 0.3 is 0 Å². The predicted molar refractivity (Wildman–Crippen MR) is 118 cm³/mol. The number of rotatable bonds is 4. The first-order valence-electron chi connectivity index (χ1n) is 8.62. The fourth-order valence-corrected chi connectivity index (χ4v) is 3.20. The third kappa shape index (κ3) is 4.50. The van der Waals surface area contributed by atoms with Crippen LogP contribution >= 0.6 is 27.5 Å². The largest absolute Gasteiger partial charge is 0.507 e. The Balaban J connectivity index is 1.52. The molecular formula is C22H14BrClN2O3. The Bertz CT molecular complexity index is 1230. The highest BCUT2D eigenvalue weighted by molar-refractivity contribution is 9.10. The van der Waals surface area contributed by atoms with Crippen LogP contribution in [0.5, 0.6) is 5.75 Å². The summed E-state index contributed by atoms with van der Waals surface area (Å²) in [4.78, 5) is 16.7. The van der Waals surface area contributed by atoms with E-state index < -0.39 is 0 Å². The molecule has 29 heavy (non-hydrogen) atoms. The molecule has 1 amide bonds. The van der Waals surface area contributed by atoms with Gasteiger partial charge in [-0.15, -0.1) is 0 Å². The molecule has 3 aromatic carbocycles. The first-order valence-corrected chi connectivity index (χ1v) is 9.79. The summed E-state index contributed by atoms with van der Waals surface area (Å²) >= 11 is 9.14. The van der Waals surface area contributed by atoms with Crippen LogP contribution in [0.25, 0.3) is 28.6 Å². The lowest BCUT2D eigenvalue weighted by Gasteiger charge is -2.01. The highest BCUT2D eigenvalue weighted by Gasteiger charge is 2.11. The minimum absolute atomic E-state index is 0.140. The number of aromatic hydroxyl groups is 1. The Morgan fingerprint density at radius 3 is 2.66 bits per heavy atom. The predicted octanol–water partition coefficient (Wildman–Crippen LogP) is 6.27. The van der Waals surface area contributed by atoms with Crippen LogP contribution in [-0.4, -0.2) is 16.0 Å². The Hall–Kier alpha value is -3.09. The van der Waals surface area contributed by atoms with Crippen LogP contribution in [0.4, 0.5) is 5.69 Å². The number of nitrogens with one attached hydrogen (secondary N) is 1. The number of halogens is 2. The van der Waals surface area contributed by atoms with Gasteiger partial charge in [-0.3, -0.25) is 4.79 Å². The highest BCUT2D eigenvalue weighted by atomic mass is 79.9. The number of carbonyl (C=O) groups excluding carboxylic acids is 1. The maximum absolute atomic E-state index is 12.2. The summed E-state index contributed by atoms with van der Waals surface area (Å²) in [5, 5.41) is 13.1. The average molecular weight is 470 g/mol. The first-order chi connectivity index (χ1) is 14.0. The van der Waals surface area contributed by atoms with Crippen molar-refractivity contribution in [2.45, 2.75) is 0 Å². The molecule has 0 fully saturated rings. The zero-order chi connectivity index (χ0) is 20.4. The maximum atomic E-state index is 12.2. The molecule has 0 aliphatic carbocycles. The molecule has 0 atom stereocenters. The van der Waals surface area contributed by atoms with E-state index in [9.17, 15) is 9.90 Å². The van der Waals surface area contributed by atoms with Crippen molar-refractivity contribution in [3.63, 3.8) is 0 Å². The quantitative estimate of drug-likeness (QED) is 0.345. The fraction of sp³-hybridized carbons (Fsp3) is 0. The van der Waals surface area contributed by atoms with Crippen molar-refractivity contribution in [1.82, 2.24) is 4.98 Å². The Morgan fingerprint density at radius 2 is 1.90 bits per heavy atom. The number of nitrogens with zero attached hydrogens (tertiary/aromatic N) is 1.